The molecule has 0 unspecified atom stereocenters. The van der Waals surface area contributed by atoms with Crippen LogP contribution in [0.15, 0.2) is 54.6 Å². The number of phenolic OH excluding ortho intramolecular Hbond substituents is 1. The number of aromatic nitrogens is 3. The average Bonchev–Trinajstić information content (AvgIpc) is 2.82. The van der Waals surface area contributed by atoms with Crippen LogP contribution in [0.3, 0.4) is 0 Å². The number of likely N-dealkylation sites (N-methyl/N-ethyl adjacent to an activating group) is 1. The molecule has 1 N–H and O–H groups in total. The zero-order valence-corrected chi connectivity index (χ0v) is 21.5. The van der Waals surface area contributed by atoms with Gasteiger partial charge in [-0.1, -0.05) is 47.5 Å². The summed E-state index contributed by atoms with van der Waals surface area (Å²) in [6, 6.07) is 17.1. The average molecular weight is 483 g/mol. The number of ether oxygens (including phenoxy) is 1. The molecule has 0 saturated carbocycles. The molecular weight excluding hydrogens is 452 g/mol. The van der Waals surface area contributed by atoms with Crippen molar-refractivity contribution < 1.29 is 14.6 Å². The van der Waals surface area contributed by atoms with Crippen molar-refractivity contribution in [1.29, 1.82) is 0 Å². The molecule has 36 heavy (non-hydrogen) atoms. The topological polar surface area (TPSA) is 88.4 Å². The molecule has 0 aliphatic rings. The highest BCUT2D eigenvalue weighted by Crippen LogP contribution is 2.34. The first kappa shape index (κ1) is 24.9. The number of nitrogens with zero attached hydrogens (tertiary/aromatic N) is 4. The number of hydrogen-bond donors (Lipinski definition) is 1. The summed E-state index contributed by atoms with van der Waals surface area (Å²) in [5.74, 6) is 1.57. The first-order valence-corrected chi connectivity index (χ1v) is 11.7. The minimum atomic E-state index is -0.174. The fraction of sp³-hybridized carbons (Fsp3) is 0.241. The number of amides is 1. The third-order valence-corrected chi connectivity index (χ3v) is 5.95. The molecule has 0 radical (unpaired) electrons. The molecule has 0 aliphatic carbocycles. The summed E-state index contributed by atoms with van der Waals surface area (Å²) >= 11 is 0. The van der Waals surface area contributed by atoms with Crippen LogP contribution >= 0.6 is 0 Å². The lowest BCUT2D eigenvalue weighted by Crippen LogP contribution is -2.27. The molecule has 1 heterocycles. The number of phenols is 1. The van der Waals surface area contributed by atoms with Crippen LogP contribution < -0.4 is 4.74 Å². The third-order valence-electron chi connectivity index (χ3n) is 5.95. The third kappa shape index (κ3) is 5.35. The number of aryl methyl sites for hydroxylation is 4. The van der Waals surface area contributed by atoms with Gasteiger partial charge in [-0.15, -0.1) is 0 Å². The maximum Gasteiger partial charge on any atom is 0.259 e. The largest absolute Gasteiger partial charge is 0.507 e. The minimum absolute atomic E-state index is 0.0471. The van der Waals surface area contributed by atoms with E-state index in [0.717, 1.165) is 33.4 Å². The van der Waals surface area contributed by atoms with Crippen LogP contribution in [0.5, 0.6) is 11.5 Å². The van der Waals surface area contributed by atoms with E-state index >= 15 is 0 Å². The second kappa shape index (κ2) is 10.2. The van der Waals surface area contributed by atoms with Crippen molar-refractivity contribution in [2.24, 2.45) is 0 Å². The van der Waals surface area contributed by atoms with Gasteiger partial charge < -0.3 is 14.7 Å². The van der Waals surface area contributed by atoms with Crippen LogP contribution in [-0.2, 0) is 4.79 Å². The summed E-state index contributed by atoms with van der Waals surface area (Å²) in [6.45, 7) is 8.03. The Morgan fingerprint density at radius 2 is 1.22 bits per heavy atom. The van der Waals surface area contributed by atoms with Gasteiger partial charge in [0, 0.05) is 31.3 Å². The van der Waals surface area contributed by atoms with Gasteiger partial charge >= 0.3 is 0 Å². The molecule has 1 amide bonds. The van der Waals surface area contributed by atoms with Crippen molar-refractivity contribution in [3.63, 3.8) is 0 Å². The summed E-state index contributed by atoms with van der Waals surface area (Å²) < 4.78 is 5.54. The molecule has 0 fully saturated rings. The van der Waals surface area contributed by atoms with Gasteiger partial charge in [0.1, 0.15) is 11.5 Å². The van der Waals surface area contributed by atoms with Crippen molar-refractivity contribution in [3.8, 4) is 45.7 Å². The Labute approximate surface area is 211 Å². The zero-order valence-electron chi connectivity index (χ0n) is 21.5. The van der Waals surface area contributed by atoms with Crippen molar-refractivity contribution in [3.05, 3.63) is 76.9 Å². The first-order chi connectivity index (χ1) is 17.1. The highest BCUT2D eigenvalue weighted by Gasteiger charge is 2.17. The summed E-state index contributed by atoms with van der Waals surface area (Å²) in [5.41, 5.74) is 6.66. The van der Waals surface area contributed by atoms with Crippen LogP contribution in [-0.4, -0.2) is 51.6 Å². The maximum atomic E-state index is 11.8. The van der Waals surface area contributed by atoms with Gasteiger partial charge in [0.05, 0.1) is 5.56 Å². The standard InChI is InChI=1S/C29H30N4O3/c1-17-7-10-22(19(3)13-17)27-30-28(23-11-8-18(2)14-20(23)4)32-29(31-27)24-12-9-21(15-25(24)34)36-16-26(35)33(5)6/h7-15,34H,16H2,1-6H3. The van der Waals surface area contributed by atoms with E-state index in [2.05, 4.69) is 12.1 Å². The van der Waals surface area contributed by atoms with Gasteiger partial charge in [0.25, 0.3) is 5.91 Å². The van der Waals surface area contributed by atoms with E-state index in [1.54, 1.807) is 26.2 Å². The Morgan fingerprint density at radius 3 is 1.67 bits per heavy atom. The summed E-state index contributed by atoms with van der Waals surface area (Å²) in [4.78, 5) is 27.6. The lowest BCUT2D eigenvalue weighted by molar-refractivity contribution is -0.130. The Balaban J connectivity index is 1.81. The SMILES string of the molecule is Cc1ccc(-c2nc(-c3ccc(C)cc3C)nc(-c3ccc(OCC(=O)N(C)C)cc3O)n2)c(C)c1. The number of rotatable bonds is 6. The molecule has 4 rings (SSSR count). The van der Waals surface area contributed by atoms with Crippen LogP contribution in [0.2, 0.25) is 0 Å². The van der Waals surface area contributed by atoms with Crippen molar-refractivity contribution in [1.82, 2.24) is 19.9 Å². The smallest absolute Gasteiger partial charge is 0.259 e. The van der Waals surface area contributed by atoms with Gasteiger partial charge in [0.2, 0.25) is 0 Å². The molecule has 4 aromatic rings. The molecule has 0 atom stereocenters. The monoisotopic (exact) mass is 482 g/mol. The van der Waals surface area contributed by atoms with E-state index in [0.29, 0.717) is 28.8 Å². The molecule has 1 aromatic heterocycles. The van der Waals surface area contributed by atoms with Gasteiger partial charge in [-0.2, -0.15) is 0 Å². The fourth-order valence-electron chi connectivity index (χ4n) is 3.93. The van der Waals surface area contributed by atoms with E-state index in [9.17, 15) is 9.90 Å². The summed E-state index contributed by atoms with van der Waals surface area (Å²) in [7, 11) is 3.32. The Kier molecular flexibility index (Phi) is 7.01. The zero-order chi connectivity index (χ0) is 26.0. The second-order valence-corrected chi connectivity index (χ2v) is 9.20. The van der Waals surface area contributed by atoms with E-state index < -0.39 is 0 Å². The van der Waals surface area contributed by atoms with Crippen LogP contribution in [0.1, 0.15) is 22.3 Å². The van der Waals surface area contributed by atoms with Crippen LogP contribution in [0.25, 0.3) is 34.2 Å². The minimum Gasteiger partial charge on any atom is -0.507 e. The first-order valence-electron chi connectivity index (χ1n) is 11.7. The Bertz CT molecular complexity index is 1380. The van der Waals surface area contributed by atoms with E-state index in [1.807, 2.05) is 52.0 Å². The molecule has 184 valence electrons. The van der Waals surface area contributed by atoms with Crippen molar-refractivity contribution in [2.75, 3.05) is 20.7 Å². The number of hydrogen-bond acceptors (Lipinski definition) is 6. The number of benzene rings is 3. The van der Waals surface area contributed by atoms with Crippen LogP contribution in [0, 0.1) is 27.7 Å². The molecule has 0 bridgehead atoms. The molecule has 0 aliphatic heterocycles. The van der Waals surface area contributed by atoms with Crippen LogP contribution in [0.4, 0.5) is 0 Å². The molecule has 7 nitrogen and oxygen atoms in total. The Hall–Kier alpha value is -4.26. The van der Waals surface area contributed by atoms with Gasteiger partial charge in [0.15, 0.2) is 24.1 Å². The van der Waals surface area contributed by atoms with Crippen molar-refractivity contribution >= 4 is 5.91 Å². The van der Waals surface area contributed by atoms with E-state index in [1.165, 1.54) is 11.0 Å². The highest BCUT2D eigenvalue weighted by atomic mass is 16.5. The van der Waals surface area contributed by atoms with Gasteiger partial charge in [-0.05, 0) is 51.0 Å². The molecule has 3 aromatic carbocycles. The summed E-state index contributed by atoms with van der Waals surface area (Å²) in [5, 5.41) is 10.8. The number of carbonyl (C=O) groups excluding carboxylic acids is 1. The normalized spacial score (nSPS) is 10.8. The molecule has 0 saturated heterocycles. The number of aromatic hydroxyl groups is 1. The van der Waals surface area contributed by atoms with Crippen molar-refractivity contribution in [2.45, 2.75) is 27.7 Å². The van der Waals surface area contributed by atoms with Gasteiger partial charge in [-0.3, -0.25) is 4.79 Å². The summed E-state index contributed by atoms with van der Waals surface area (Å²) in [6.07, 6.45) is 0. The predicted octanol–water partition coefficient (Wildman–Crippen LogP) is 5.28. The molecule has 7 heteroatoms. The van der Waals surface area contributed by atoms with E-state index in [4.69, 9.17) is 19.7 Å². The molecule has 0 spiro atoms. The van der Waals surface area contributed by atoms with Gasteiger partial charge in [-0.25, -0.2) is 15.0 Å². The fourth-order valence-corrected chi connectivity index (χ4v) is 3.93. The number of carbonyl (C=O) groups is 1. The quantitative estimate of drug-likeness (QED) is 0.402. The lowest BCUT2D eigenvalue weighted by atomic mass is 10.0. The van der Waals surface area contributed by atoms with E-state index in [-0.39, 0.29) is 18.3 Å². The molecular formula is C29H30N4O3. The lowest BCUT2D eigenvalue weighted by Gasteiger charge is -2.14. The highest BCUT2D eigenvalue weighted by molar-refractivity contribution is 5.77. The maximum absolute atomic E-state index is 11.8. The Morgan fingerprint density at radius 1 is 0.750 bits per heavy atom. The second-order valence-electron chi connectivity index (χ2n) is 9.20. The predicted molar refractivity (Wildman–Crippen MR) is 141 cm³/mol.